The van der Waals surface area contributed by atoms with Gasteiger partial charge in [0.05, 0.1) is 0 Å². The van der Waals surface area contributed by atoms with Crippen LogP contribution in [0.5, 0.6) is 0 Å². The fraction of sp³-hybridized carbons (Fsp3) is 0.224. The molecule has 0 atom stereocenters. The Morgan fingerprint density at radius 1 is 0.388 bits per heavy atom. The van der Waals surface area contributed by atoms with E-state index in [1.807, 2.05) is 0 Å². The molecule has 1 aliphatic rings. The van der Waals surface area contributed by atoms with Crippen LogP contribution in [0.2, 0.25) is 0 Å². The molecule has 0 amide bonds. The molecule has 0 bridgehead atoms. The van der Waals surface area contributed by atoms with Gasteiger partial charge in [0.2, 0.25) is 0 Å². The lowest BCUT2D eigenvalue weighted by molar-refractivity contribution is 0.569. The maximum Gasteiger partial charge on any atom is 0.0159 e. The van der Waals surface area contributed by atoms with Crippen molar-refractivity contribution in [2.45, 2.75) is 71.6 Å². The van der Waals surface area contributed by atoms with Crippen LogP contribution in [0.4, 0.5) is 0 Å². The molecule has 9 rings (SSSR count). The quantitative estimate of drug-likeness (QED) is 0.131. The predicted octanol–water partition coefficient (Wildman–Crippen LogP) is 14.0. The molecule has 0 saturated heterocycles. The van der Waals surface area contributed by atoms with E-state index in [1.165, 1.54) is 98.7 Å². The van der Waals surface area contributed by atoms with Crippen molar-refractivity contribution in [1.29, 1.82) is 0 Å². The molecule has 49 heavy (non-hydrogen) atoms. The van der Waals surface area contributed by atoms with Crippen LogP contribution in [0.25, 0.3) is 76.5 Å². The second-order valence-corrected chi connectivity index (χ2v) is 17.0. The van der Waals surface area contributed by atoms with E-state index in [9.17, 15) is 0 Å². The molecule has 0 radical (unpaired) electrons. The van der Waals surface area contributed by atoms with Crippen LogP contribution in [0.15, 0.2) is 121 Å². The molecule has 8 aromatic rings. The van der Waals surface area contributed by atoms with E-state index in [4.69, 9.17) is 0 Å². The van der Waals surface area contributed by atoms with E-state index in [0.29, 0.717) is 0 Å². The Balaban J connectivity index is 1.20. The largest absolute Gasteiger partial charge is 0.0616 e. The van der Waals surface area contributed by atoms with Crippen LogP contribution in [0.3, 0.4) is 0 Å². The zero-order chi connectivity index (χ0) is 34.0. The number of hydrogen-bond donors (Lipinski definition) is 0. The second-order valence-electron chi connectivity index (χ2n) is 17.0. The van der Waals surface area contributed by atoms with Gasteiger partial charge in [-0.3, -0.25) is 0 Å². The van der Waals surface area contributed by atoms with Crippen LogP contribution in [-0.4, -0.2) is 0 Å². The Labute approximate surface area is 290 Å². The highest BCUT2D eigenvalue weighted by atomic mass is 14.4. The highest BCUT2D eigenvalue weighted by Crippen LogP contribution is 2.52. The maximum atomic E-state index is 2.48. The van der Waals surface area contributed by atoms with Gasteiger partial charge in [-0.05, 0) is 122 Å². The molecule has 0 fully saturated rings. The third kappa shape index (κ3) is 4.43. The average molecular weight is 633 g/mol. The SMILES string of the molecule is CC(C)(C)c1cc(-c2ccc3c(c2)C(C)(C)c2cc(-c4ccc5c6ccccc6c6cccc7ccc4c5c76)ccc2-3)cc(C(C)(C)C)c1. The number of benzene rings is 8. The van der Waals surface area contributed by atoms with Gasteiger partial charge in [0.25, 0.3) is 0 Å². The second kappa shape index (κ2) is 10.1. The molecular formula is C49H44. The third-order valence-corrected chi connectivity index (χ3v) is 11.5. The van der Waals surface area contributed by atoms with Gasteiger partial charge in [0.15, 0.2) is 0 Å². The molecule has 0 unspecified atom stereocenters. The van der Waals surface area contributed by atoms with Gasteiger partial charge < -0.3 is 0 Å². The summed E-state index contributed by atoms with van der Waals surface area (Å²) < 4.78 is 0. The van der Waals surface area contributed by atoms with E-state index in [1.54, 1.807) is 0 Å². The van der Waals surface area contributed by atoms with Gasteiger partial charge in [0.1, 0.15) is 0 Å². The highest BCUT2D eigenvalue weighted by Gasteiger charge is 2.36. The zero-order valence-corrected chi connectivity index (χ0v) is 30.0. The first-order valence-corrected chi connectivity index (χ1v) is 17.9. The van der Waals surface area contributed by atoms with Crippen LogP contribution in [-0.2, 0) is 16.2 Å². The summed E-state index contributed by atoms with van der Waals surface area (Å²) in [5, 5.41) is 10.7. The minimum atomic E-state index is -0.120. The summed E-state index contributed by atoms with van der Waals surface area (Å²) in [6.45, 7) is 18.7. The lowest BCUT2D eigenvalue weighted by Crippen LogP contribution is -2.17. The van der Waals surface area contributed by atoms with E-state index < -0.39 is 0 Å². The van der Waals surface area contributed by atoms with E-state index >= 15 is 0 Å². The standard InChI is InChI=1S/C49H44/c1-47(2,3)33-24-32(25-34(28-33)48(4,5)6)30-17-19-38-39-20-18-31(27-44(39)49(7,8)43(38)26-30)35-22-23-42-37-14-10-9-13-36(37)40-15-11-12-29-16-21-41(35)46(42)45(29)40/h9-28H,1-8H3. The first kappa shape index (κ1) is 30.1. The van der Waals surface area contributed by atoms with Crippen LogP contribution in [0.1, 0.15) is 77.6 Å². The van der Waals surface area contributed by atoms with Gasteiger partial charge in [-0.2, -0.15) is 0 Å². The normalized spacial score (nSPS) is 14.3. The van der Waals surface area contributed by atoms with E-state index in [2.05, 4.69) is 177 Å². The van der Waals surface area contributed by atoms with Gasteiger partial charge >= 0.3 is 0 Å². The summed E-state index contributed by atoms with van der Waals surface area (Å²) in [5.41, 5.74) is 13.6. The van der Waals surface area contributed by atoms with Crippen molar-refractivity contribution in [3.05, 3.63) is 144 Å². The molecule has 0 heteroatoms. The zero-order valence-electron chi connectivity index (χ0n) is 30.0. The van der Waals surface area contributed by atoms with Crippen molar-refractivity contribution in [3.8, 4) is 33.4 Å². The molecular weight excluding hydrogens is 589 g/mol. The van der Waals surface area contributed by atoms with Gasteiger partial charge in [-0.15, -0.1) is 0 Å². The molecule has 0 N–H and O–H groups in total. The van der Waals surface area contributed by atoms with Crippen molar-refractivity contribution in [3.63, 3.8) is 0 Å². The van der Waals surface area contributed by atoms with Gasteiger partial charge in [-0.25, -0.2) is 0 Å². The predicted molar refractivity (Wildman–Crippen MR) is 213 cm³/mol. The Hall–Kier alpha value is -4.94. The molecule has 0 nitrogen and oxygen atoms in total. The van der Waals surface area contributed by atoms with Gasteiger partial charge in [0, 0.05) is 5.41 Å². The van der Waals surface area contributed by atoms with Crippen molar-refractivity contribution in [2.75, 3.05) is 0 Å². The maximum absolute atomic E-state index is 2.48. The molecule has 240 valence electrons. The fourth-order valence-electron chi connectivity index (χ4n) is 8.62. The lowest BCUT2D eigenvalue weighted by Gasteiger charge is -2.27. The molecule has 0 saturated carbocycles. The Kier molecular flexibility index (Phi) is 6.18. The summed E-state index contributed by atoms with van der Waals surface area (Å²) in [4.78, 5) is 0. The van der Waals surface area contributed by atoms with Crippen molar-refractivity contribution in [1.82, 2.24) is 0 Å². The van der Waals surface area contributed by atoms with Crippen molar-refractivity contribution >= 4 is 43.1 Å². The summed E-state index contributed by atoms with van der Waals surface area (Å²) >= 11 is 0. The fourth-order valence-corrected chi connectivity index (χ4v) is 8.62. The smallest absolute Gasteiger partial charge is 0.0159 e. The molecule has 8 aromatic carbocycles. The number of rotatable bonds is 2. The average Bonchev–Trinajstić information content (AvgIpc) is 3.31. The Morgan fingerprint density at radius 3 is 1.55 bits per heavy atom. The lowest BCUT2D eigenvalue weighted by atomic mass is 9.78. The molecule has 1 aliphatic carbocycles. The summed E-state index contributed by atoms with van der Waals surface area (Å²) in [6.07, 6.45) is 0. The van der Waals surface area contributed by atoms with Crippen molar-refractivity contribution in [2.24, 2.45) is 0 Å². The Bertz CT molecular complexity index is 2600. The first-order chi connectivity index (χ1) is 23.3. The van der Waals surface area contributed by atoms with Crippen LogP contribution >= 0.6 is 0 Å². The van der Waals surface area contributed by atoms with Crippen LogP contribution in [0, 0.1) is 0 Å². The molecule has 0 heterocycles. The highest BCUT2D eigenvalue weighted by molar-refractivity contribution is 6.35. The Morgan fingerprint density at radius 2 is 0.918 bits per heavy atom. The molecule has 0 spiro atoms. The third-order valence-electron chi connectivity index (χ3n) is 11.5. The monoisotopic (exact) mass is 632 g/mol. The minimum Gasteiger partial charge on any atom is -0.0616 e. The number of hydrogen-bond acceptors (Lipinski definition) is 0. The molecule has 0 aromatic heterocycles. The summed E-state index contributed by atoms with van der Waals surface area (Å²) in [6, 6.07) is 46.7. The molecule has 0 aliphatic heterocycles. The van der Waals surface area contributed by atoms with Crippen molar-refractivity contribution < 1.29 is 0 Å². The van der Waals surface area contributed by atoms with Gasteiger partial charge in [-0.1, -0.05) is 165 Å². The van der Waals surface area contributed by atoms with Crippen LogP contribution < -0.4 is 0 Å². The first-order valence-electron chi connectivity index (χ1n) is 17.9. The van der Waals surface area contributed by atoms with E-state index in [0.717, 1.165) is 0 Å². The topological polar surface area (TPSA) is 0 Å². The number of fused-ring (bicyclic) bond motifs is 6. The summed E-state index contributed by atoms with van der Waals surface area (Å²) in [7, 11) is 0. The van der Waals surface area contributed by atoms with E-state index in [-0.39, 0.29) is 16.2 Å². The minimum absolute atomic E-state index is 0.0802. The summed E-state index contributed by atoms with van der Waals surface area (Å²) in [5.74, 6) is 0.